The van der Waals surface area contributed by atoms with Crippen LogP contribution in [0.4, 0.5) is 0 Å². The summed E-state index contributed by atoms with van der Waals surface area (Å²) in [7, 11) is 0. The van der Waals surface area contributed by atoms with E-state index in [1.165, 1.54) is 0 Å². The predicted octanol–water partition coefficient (Wildman–Crippen LogP) is 1.69. The van der Waals surface area contributed by atoms with Gasteiger partial charge < -0.3 is 9.47 Å². The molecule has 3 fully saturated rings. The molecule has 2 heteroatoms. The Balaban J connectivity index is 2.01. The van der Waals surface area contributed by atoms with Gasteiger partial charge in [0.25, 0.3) is 0 Å². The van der Waals surface area contributed by atoms with E-state index < -0.39 is 0 Å². The van der Waals surface area contributed by atoms with E-state index in [1.807, 2.05) is 6.92 Å². The van der Waals surface area contributed by atoms with Crippen LogP contribution in [-0.2, 0) is 9.47 Å². The van der Waals surface area contributed by atoms with Gasteiger partial charge in [0.1, 0.15) is 0 Å². The van der Waals surface area contributed by atoms with Gasteiger partial charge in [-0.3, -0.25) is 0 Å². The van der Waals surface area contributed by atoms with Gasteiger partial charge in [0.05, 0.1) is 12.2 Å². The fourth-order valence-electron chi connectivity index (χ4n) is 1.61. The quantitative estimate of drug-likeness (QED) is 0.554. The van der Waals surface area contributed by atoms with Crippen LogP contribution >= 0.6 is 0 Å². The zero-order chi connectivity index (χ0) is 7.19. The highest BCUT2D eigenvalue weighted by Gasteiger charge is 2.45. The molecule has 0 aromatic heterocycles. The molecule has 0 aromatic carbocycles. The minimum atomic E-state index is -0.258. The van der Waals surface area contributed by atoms with Crippen molar-refractivity contribution in [2.75, 3.05) is 0 Å². The van der Waals surface area contributed by atoms with E-state index in [1.54, 1.807) is 0 Å². The van der Waals surface area contributed by atoms with E-state index in [0.717, 1.165) is 19.3 Å². The second-order valence-electron chi connectivity index (χ2n) is 3.44. The van der Waals surface area contributed by atoms with Gasteiger partial charge in [-0.15, -0.1) is 0 Å². The molecule has 10 heavy (non-hydrogen) atoms. The summed E-state index contributed by atoms with van der Waals surface area (Å²) in [5, 5.41) is 0. The SMILES string of the molecule is CCC1(C)OC2CC(C2)O1. The third kappa shape index (κ3) is 0.867. The average molecular weight is 142 g/mol. The average Bonchev–Trinajstić information content (AvgIpc) is 1.86. The molecule has 0 unspecified atom stereocenters. The highest BCUT2D eigenvalue weighted by atomic mass is 16.7. The van der Waals surface area contributed by atoms with Crippen molar-refractivity contribution in [2.45, 2.75) is 51.1 Å². The van der Waals surface area contributed by atoms with Crippen LogP contribution in [0.3, 0.4) is 0 Å². The number of rotatable bonds is 1. The van der Waals surface area contributed by atoms with Gasteiger partial charge in [-0.2, -0.15) is 0 Å². The molecule has 0 spiro atoms. The van der Waals surface area contributed by atoms with Gasteiger partial charge in [-0.25, -0.2) is 0 Å². The highest BCUT2D eigenvalue weighted by molar-refractivity contribution is 4.88. The molecule has 0 aromatic rings. The lowest BCUT2D eigenvalue weighted by Crippen LogP contribution is -2.54. The van der Waals surface area contributed by atoms with Gasteiger partial charge in [0, 0.05) is 12.8 Å². The Morgan fingerprint density at radius 2 is 1.80 bits per heavy atom. The van der Waals surface area contributed by atoms with Crippen LogP contribution in [0.1, 0.15) is 33.1 Å². The van der Waals surface area contributed by atoms with E-state index in [2.05, 4.69) is 6.92 Å². The maximum absolute atomic E-state index is 5.67. The van der Waals surface area contributed by atoms with Crippen molar-refractivity contribution in [2.24, 2.45) is 0 Å². The smallest absolute Gasteiger partial charge is 0.165 e. The molecule has 2 heterocycles. The first kappa shape index (κ1) is 6.62. The topological polar surface area (TPSA) is 18.5 Å². The zero-order valence-electron chi connectivity index (χ0n) is 6.59. The summed E-state index contributed by atoms with van der Waals surface area (Å²) in [5.41, 5.74) is 0. The molecule has 1 saturated carbocycles. The molecule has 0 N–H and O–H groups in total. The van der Waals surface area contributed by atoms with Crippen LogP contribution < -0.4 is 0 Å². The monoisotopic (exact) mass is 142 g/mol. The molecule has 2 saturated heterocycles. The molecular formula is C8H14O2. The fourth-order valence-corrected chi connectivity index (χ4v) is 1.61. The summed E-state index contributed by atoms with van der Waals surface area (Å²) in [6.07, 6.45) is 4.21. The minimum absolute atomic E-state index is 0.258. The first-order valence-electron chi connectivity index (χ1n) is 4.07. The molecule has 2 aliphatic heterocycles. The molecule has 58 valence electrons. The van der Waals surface area contributed by atoms with Crippen LogP contribution in [0.25, 0.3) is 0 Å². The van der Waals surface area contributed by atoms with Crippen LogP contribution in [0.15, 0.2) is 0 Å². The molecular weight excluding hydrogens is 128 g/mol. The zero-order valence-corrected chi connectivity index (χ0v) is 6.59. The number of hydrogen-bond donors (Lipinski definition) is 0. The maximum atomic E-state index is 5.67. The lowest BCUT2D eigenvalue weighted by Gasteiger charge is -2.50. The van der Waals surface area contributed by atoms with Crippen molar-refractivity contribution in [1.82, 2.24) is 0 Å². The van der Waals surface area contributed by atoms with Crippen molar-refractivity contribution in [3.8, 4) is 0 Å². The van der Waals surface area contributed by atoms with E-state index >= 15 is 0 Å². The molecule has 2 bridgehead atoms. The van der Waals surface area contributed by atoms with Crippen molar-refractivity contribution in [3.05, 3.63) is 0 Å². The molecule has 0 amide bonds. The molecule has 3 aliphatic rings. The van der Waals surface area contributed by atoms with Crippen LogP contribution in [0.5, 0.6) is 0 Å². The van der Waals surface area contributed by atoms with E-state index in [0.29, 0.717) is 12.2 Å². The van der Waals surface area contributed by atoms with E-state index in [-0.39, 0.29) is 5.79 Å². The maximum Gasteiger partial charge on any atom is 0.165 e. The second-order valence-corrected chi connectivity index (χ2v) is 3.44. The summed E-state index contributed by atoms with van der Waals surface area (Å²) in [6.45, 7) is 4.14. The summed E-state index contributed by atoms with van der Waals surface area (Å²) < 4.78 is 11.3. The molecule has 1 aliphatic carbocycles. The molecule has 2 nitrogen and oxygen atoms in total. The lowest BCUT2D eigenvalue weighted by molar-refractivity contribution is -0.358. The van der Waals surface area contributed by atoms with Crippen LogP contribution in [0, 0.1) is 0 Å². The van der Waals surface area contributed by atoms with Gasteiger partial charge in [-0.05, 0) is 13.3 Å². The summed E-state index contributed by atoms with van der Waals surface area (Å²) >= 11 is 0. The third-order valence-electron chi connectivity index (χ3n) is 2.53. The standard InChI is InChI=1S/C8H14O2/c1-3-8(2)9-6-4-7(5-6)10-8/h6-7H,3-5H2,1-2H3. The Hall–Kier alpha value is -0.0800. The highest BCUT2D eigenvalue weighted by Crippen LogP contribution is 2.40. The molecule has 0 radical (unpaired) electrons. The first-order chi connectivity index (χ1) is 4.72. The molecule has 0 atom stereocenters. The number of hydrogen-bond acceptors (Lipinski definition) is 2. The van der Waals surface area contributed by atoms with Gasteiger partial charge in [0.15, 0.2) is 5.79 Å². The normalized spacial score (nSPS) is 52.2. The van der Waals surface area contributed by atoms with Gasteiger partial charge in [-0.1, -0.05) is 6.92 Å². The minimum Gasteiger partial charge on any atom is -0.347 e. The Kier molecular flexibility index (Phi) is 1.29. The first-order valence-corrected chi connectivity index (χ1v) is 4.07. The summed E-state index contributed by atoms with van der Waals surface area (Å²) in [4.78, 5) is 0. The number of ether oxygens (including phenoxy) is 2. The third-order valence-corrected chi connectivity index (χ3v) is 2.53. The Morgan fingerprint density at radius 3 is 2.10 bits per heavy atom. The predicted molar refractivity (Wildman–Crippen MR) is 37.7 cm³/mol. The van der Waals surface area contributed by atoms with Crippen LogP contribution in [-0.4, -0.2) is 18.0 Å². The molecule has 3 rings (SSSR count). The Bertz CT molecular complexity index is 128. The largest absolute Gasteiger partial charge is 0.347 e. The van der Waals surface area contributed by atoms with Crippen molar-refractivity contribution < 1.29 is 9.47 Å². The summed E-state index contributed by atoms with van der Waals surface area (Å²) in [6, 6.07) is 0. The second kappa shape index (κ2) is 1.95. The Labute approximate surface area is 61.5 Å². The van der Waals surface area contributed by atoms with Crippen LogP contribution in [0.2, 0.25) is 0 Å². The lowest BCUT2D eigenvalue weighted by atomic mass is 9.89. The van der Waals surface area contributed by atoms with Crippen molar-refractivity contribution >= 4 is 0 Å². The van der Waals surface area contributed by atoms with Gasteiger partial charge >= 0.3 is 0 Å². The number of fused-ring (bicyclic) bond motifs is 2. The fraction of sp³-hybridized carbons (Fsp3) is 1.00. The summed E-state index contributed by atoms with van der Waals surface area (Å²) in [5.74, 6) is -0.258. The van der Waals surface area contributed by atoms with Gasteiger partial charge in [0.2, 0.25) is 0 Å². The van der Waals surface area contributed by atoms with Crippen molar-refractivity contribution in [1.29, 1.82) is 0 Å². The Morgan fingerprint density at radius 1 is 1.30 bits per heavy atom. The van der Waals surface area contributed by atoms with Crippen molar-refractivity contribution in [3.63, 3.8) is 0 Å². The van der Waals surface area contributed by atoms with E-state index in [9.17, 15) is 0 Å². The van der Waals surface area contributed by atoms with E-state index in [4.69, 9.17) is 9.47 Å².